The number of nitrogens with zero attached hydrogens (tertiary/aromatic N) is 3. The summed E-state index contributed by atoms with van der Waals surface area (Å²) in [4.78, 5) is 11.5. The molecule has 154 valence electrons. The molecule has 0 aliphatic carbocycles. The third kappa shape index (κ3) is 5.45. The van der Waals surface area contributed by atoms with Crippen molar-refractivity contribution in [2.24, 2.45) is 0 Å². The van der Waals surface area contributed by atoms with Gasteiger partial charge in [0.25, 0.3) is 0 Å². The SMILES string of the molecule is COCCc1cn(CCOCCC(=O)Oc2c(F)c(F)c(F)c(F)c2F)nn1. The summed E-state index contributed by atoms with van der Waals surface area (Å²) in [6, 6.07) is 0. The van der Waals surface area contributed by atoms with Gasteiger partial charge in [-0.3, -0.25) is 4.79 Å². The molecule has 28 heavy (non-hydrogen) atoms. The summed E-state index contributed by atoms with van der Waals surface area (Å²) in [5.74, 6) is -14.0. The number of hydrogen-bond acceptors (Lipinski definition) is 6. The van der Waals surface area contributed by atoms with E-state index in [0.717, 1.165) is 5.69 Å². The molecule has 2 rings (SSSR count). The molecule has 0 fully saturated rings. The molecule has 0 amide bonds. The first kappa shape index (κ1) is 21.7. The van der Waals surface area contributed by atoms with Gasteiger partial charge in [0.2, 0.25) is 34.8 Å². The van der Waals surface area contributed by atoms with Crippen LogP contribution in [0.15, 0.2) is 6.20 Å². The molecule has 0 unspecified atom stereocenters. The Kier molecular flexibility index (Phi) is 7.81. The Bertz CT molecular complexity index is 802. The number of carbonyl (C=O) groups is 1. The summed E-state index contributed by atoms with van der Waals surface area (Å²) in [7, 11) is 1.56. The third-order valence-electron chi connectivity index (χ3n) is 3.45. The first-order valence-corrected chi connectivity index (χ1v) is 8.03. The maximum absolute atomic E-state index is 13.4. The molecule has 7 nitrogen and oxygen atoms in total. The fourth-order valence-electron chi connectivity index (χ4n) is 2.02. The van der Waals surface area contributed by atoms with Crippen molar-refractivity contribution < 1.29 is 41.0 Å². The molecule has 0 N–H and O–H groups in total. The van der Waals surface area contributed by atoms with Crippen LogP contribution in [0.2, 0.25) is 0 Å². The van der Waals surface area contributed by atoms with E-state index in [4.69, 9.17) is 9.47 Å². The van der Waals surface area contributed by atoms with E-state index in [9.17, 15) is 26.7 Å². The monoisotopic (exact) mass is 409 g/mol. The maximum atomic E-state index is 13.4. The molecule has 0 aliphatic rings. The fraction of sp³-hybridized carbons (Fsp3) is 0.438. The van der Waals surface area contributed by atoms with Gasteiger partial charge < -0.3 is 14.2 Å². The highest BCUT2D eigenvalue weighted by Crippen LogP contribution is 2.29. The Morgan fingerprint density at radius 1 is 1.00 bits per heavy atom. The molecule has 1 aromatic heterocycles. The number of aromatic nitrogens is 3. The molecular formula is C16H16F5N3O4. The normalized spacial score (nSPS) is 11.1. The number of esters is 1. The third-order valence-corrected chi connectivity index (χ3v) is 3.45. The molecule has 0 saturated carbocycles. The summed E-state index contributed by atoms with van der Waals surface area (Å²) in [6.07, 6.45) is 1.83. The molecule has 2 aromatic rings. The van der Waals surface area contributed by atoms with Gasteiger partial charge in [-0.1, -0.05) is 5.21 Å². The van der Waals surface area contributed by atoms with E-state index in [-0.39, 0.29) is 13.2 Å². The van der Waals surface area contributed by atoms with Crippen molar-refractivity contribution in [2.45, 2.75) is 19.4 Å². The minimum Gasteiger partial charge on any atom is -0.420 e. The van der Waals surface area contributed by atoms with Crippen LogP contribution >= 0.6 is 0 Å². The molecule has 0 atom stereocenters. The van der Waals surface area contributed by atoms with Crippen LogP contribution in [0.1, 0.15) is 12.1 Å². The minimum atomic E-state index is -2.34. The quantitative estimate of drug-likeness (QED) is 0.150. The Morgan fingerprint density at radius 3 is 2.29 bits per heavy atom. The van der Waals surface area contributed by atoms with Crippen LogP contribution in [-0.4, -0.2) is 47.9 Å². The lowest BCUT2D eigenvalue weighted by molar-refractivity contribution is -0.136. The van der Waals surface area contributed by atoms with Gasteiger partial charge in [0.05, 0.1) is 38.5 Å². The number of methoxy groups -OCH3 is 1. The molecule has 0 bridgehead atoms. The Morgan fingerprint density at radius 2 is 1.64 bits per heavy atom. The van der Waals surface area contributed by atoms with Gasteiger partial charge >= 0.3 is 5.97 Å². The van der Waals surface area contributed by atoms with Crippen LogP contribution in [-0.2, 0) is 27.2 Å². The zero-order valence-electron chi connectivity index (χ0n) is 14.7. The van der Waals surface area contributed by atoms with Gasteiger partial charge in [0.1, 0.15) is 0 Å². The first-order valence-electron chi connectivity index (χ1n) is 8.03. The molecule has 1 heterocycles. The lowest BCUT2D eigenvalue weighted by Gasteiger charge is -2.09. The highest BCUT2D eigenvalue weighted by molar-refractivity contribution is 5.72. The van der Waals surface area contributed by atoms with Crippen LogP contribution in [0.25, 0.3) is 0 Å². The minimum absolute atomic E-state index is 0.142. The molecule has 12 heteroatoms. The number of ether oxygens (including phenoxy) is 3. The van der Waals surface area contributed by atoms with E-state index >= 15 is 0 Å². The smallest absolute Gasteiger partial charge is 0.313 e. The van der Waals surface area contributed by atoms with Gasteiger partial charge in [-0.05, 0) is 0 Å². The maximum Gasteiger partial charge on any atom is 0.313 e. The van der Waals surface area contributed by atoms with E-state index in [1.54, 1.807) is 13.3 Å². The number of carbonyl (C=O) groups excluding carboxylic acids is 1. The summed E-state index contributed by atoms with van der Waals surface area (Å²) in [5, 5.41) is 7.76. The predicted octanol–water partition coefficient (Wildman–Crippen LogP) is 2.17. The molecule has 0 radical (unpaired) electrons. The summed E-state index contributed by atoms with van der Waals surface area (Å²) < 4.78 is 81.7. The standard InChI is InChI=1S/C16H16F5N3O4/c1-26-5-2-9-8-24(23-22-9)4-7-27-6-3-10(25)28-16-14(20)12(18)11(17)13(19)15(16)21/h8H,2-7H2,1H3. The first-order chi connectivity index (χ1) is 13.3. The average Bonchev–Trinajstić information content (AvgIpc) is 3.14. The van der Waals surface area contributed by atoms with Crippen LogP contribution in [0.4, 0.5) is 22.0 Å². The van der Waals surface area contributed by atoms with Gasteiger partial charge in [0, 0.05) is 19.7 Å². The van der Waals surface area contributed by atoms with E-state index in [1.807, 2.05) is 0 Å². The van der Waals surface area contributed by atoms with Crippen molar-refractivity contribution in [3.63, 3.8) is 0 Å². The van der Waals surface area contributed by atoms with Crippen molar-refractivity contribution in [3.05, 3.63) is 41.0 Å². The Labute approximate surface area is 156 Å². The van der Waals surface area contributed by atoms with Crippen LogP contribution < -0.4 is 4.74 Å². The van der Waals surface area contributed by atoms with E-state index in [2.05, 4.69) is 15.0 Å². The largest absolute Gasteiger partial charge is 0.420 e. The van der Waals surface area contributed by atoms with E-state index in [0.29, 0.717) is 19.6 Å². The molecular weight excluding hydrogens is 393 g/mol. The highest BCUT2D eigenvalue weighted by Gasteiger charge is 2.28. The topological polar surface area (TPSA) is 75.5 Å². The van der Waals surface area contributed by atoms with E-state index in [1.165, 1.54) is 4.68 Å². The number of benzene rings is 1. The fourth-order valence-corrected chi connectivity index (χ4v) is 2.02. The van der Waals surface area contributed by atoms with Gasteiger partial charge in [-0.15, -0.1) is 5.10 Å². The molecule has 1 aromatic carbocycles. The van der Waals surface area contributed by atoms with Crippen LogP contribution in [0, 0.1) is 29.1 Å². The van der Waals surface area contributed by atoms with E-state index < -0.39 is 47.2 Å². The second-order valence-corrected chi connectivity index (χ2v) is 5.45. The van der Waals surface area contributed by atoms with Crippen LogP contribution in [0.3, 0.4) is 0 Å². The van der Waals surface area contributed by atoms with Crippen molar-refractivity contribution >= 4 is 5.97 Å². The molecule has 0 aliphatic heterocycles. The number of halogens is 5. The summed E-state index contributed by atoms with van der Waals surface area (Å²) in [5.41, 5.74) is 0.730. The van der Waals surface area contributed by atoms with Crippen molar-refractivity contribution in [2.75, 3.05) is 26.9 Å². The van der Waals surface area contributed by atoms with Gasteiger partial charge in [0.15, 0.2) is 0 Å². The molecule has 0 saturated heterocycles. The Balaban J connectivity index is 1.76. The zero-order valence-corrected chi connectivity index (χ0v) is 14.7. The predicted molar refractivity (Wildman–Crippen MR) is 82.9 cm³/mol. The van der Waals surface area contributed by atoms with Gasteiger partial charge in [-0.25, -0.2) is 17.9 Å². The zero-order chi connectivity index (χ0) is 20.7. The summed E-state index contributed by atoms with van der Waals surface area (Å²) >= 11 is 0. The molecule has 0 spiro atoms. The van der Waals surface area contributed by atoms with Gasteiger partial charge in [-0.2, -0.15) is 8.78 Å². The number of hydrogen-bond donors (Lipinski definition) is 0. The highest BCUT2D eigenvalue weighted by atomic mass is 19.2. The summed E-state index contributed by atoms with van der Waals surface area (Å²) in [6.45, 7) is 0.773. The number of rotatable bonds is 10. The second-order valence-electron chi connectivity index (χ2n) is 5.45. The van der Waals surface area contributed by atoms with Crippen molar-refractivity contribution in [1.29, 1.82) is 0 Å². The van der Waals surface area contributed by atoms with Crippen molar-refractivity contribution in [1.82, 2.24) is 15.0 Å². The Hall–Kier alpha value is -2.60. The van der Waals surface area contributed by atoms with Crippen LogP contribution in [0.5, 0.6) is 5.75 Å². The lowest BCUT2D eigenvalue weighted by atomic mass is 10.2. The average molecular weight is 409 g/mol. The van der Waals surface area contributed by atoms with Crippen molar-refractivity contribution in [3.8, 4) is 5.75 Å². The lowest BCUT2D eigenvalue weighted by Crippen LogP contribution is -2.16. The second kappa shape index (κ2) is 10.1.